The molecule has 24 heavy (non-hydrogen) atoms. The second-order valence-corrected chi connectivity index (χ2v) is 6.28. The topological polar surface area (TPSA) is 65.5 Å². The van der Waals surface area contributed by atoms with Gasteiger partial charge in [0.05, 0.1) is 6.10 Å². The lowest BCUT2D eigenvalue weighted by molar-refractivity contribution is 0.0993. The van der Waals surface area contributed by atoms with Gasteiger partial charge in [-0.2, -0.15) is 0 Å². The summed E-state index contributed by atoms with van der Waals surface area (Å²) in [4.78, 5) is 18.6. The molecule has 1 aliphatic carbocycles. The van der Waals surface area contributed by atoms with Crippen molar-refractivity contribution in [1.82, 2.24) is 4.98 Å². The van der Waals surface area contributed by atoms with Gasteiger partial charge in [-0.25, -0.2) is 4.98 Å². The SMILES string of the molecule is CN(C(=O)c1ccnc(NC2CCC(O)CC2)c1)c1ccccc1. The molecule has 1 fully saturated rings. The summed E-state index contributed by atoms with van der Waals surface area (Å²) in [5.74, 6) is 0.648. The first-order chi connectivity index (χ1) is 11.6. The Bertz CT molecular complexity index is 682. The summed E-state index contributed by atoms with van der Waals surface area (Å²) in [6.45, 7) is 0. The molecule has 5 heteroatoms. The van der Waals surface area contributed by atoms with Gasteiger partial charge in [-0.1, -0.05) is 18.2 Å². The first-order valence-corrected chi connectivity index (χ1v) is 8.37. The highest BCUT2D eigenvalue weighted by Gasteiger charge is 2.20. The van der Waals surface area contributed by atoms with Gasteiger partial charge < -0.3 is 15.3 Å². The summed E-state index contributed by atoms with van der Waals surface area (Å²) in [7, 11) is 1.77. The summed E-state index contributed by atoms with van der Waals surface area (Å²) in [6, 6.07) is 13.4. The van der Waals surface area contributed by atoms with Crippen molar-refractivity contribution in [3.8, 4) is 0 Å². The molecular weight excluding hydrogens is 302 g/mol. The number of benzene rings is 1. The number of rotatable bonds is 4. The Kier molecular flexibility index (Phi) is 5.11. The number of anilines is 2. The van der Waals surface area contributed by atoms with E-state index >= 15 is 0 Å². The molecule has 0 unspecified atom stereocenters. The molecule has 0 radical (unpaired) electrons. The van der Waals surface area contributed by atoms with Gasteiger partial charge in [0.15, 0.2) is 0 Å². The number of para-hydroxylation sites is 1. The van der Waals surface area contributed by atoms with Gasteiger partial charge in [0, 0.05) is 30.5 Å². The van der Waals surface area contributed by atoms with Gasteiger partial charge in [-0.05, 0) is 49.9 Å². The van der Waals surface area contributed by atoms with Crippen LogP contribution >= 0.6 is 0 Å². The molecule has 5 nitrogen and oxygen atoms in total. The van der Waals surface area contributed by atoms with Gasteiger partial charge in [0.1, 0.15) is 5.82 Å². The third kappa shape index (κ3) is 3.92. The lowest BCUT2D eigenvalue weighted by Gasteiger charge is -2.26. The molecule has 0 bridgehead atoms. The van der Waals surface area contributed by atoms with Crippen LogP contribution in [0, 0.1) is 0 Å². The molecule has 0 spiro atoms. The molecule has 1 amide bonds. The zero-order valence-corrected chi connectivity index (χ0v) is 13.9. The van der Waals surface area contributed by atoms with E-state index in [1.807, 2.05) is 30.3 Å². The van der Waals surface area contributed by atoms with E-state index in [1.165, 1.54) is 0 Å². The molecule has 3 rings (SSSR count). The van der Waals surface area contributed by atoms with Crippen molar-refractivity contribution in [2.75, 3.05) is 17.3 Å². The number of amides is 1. The second-order valence-electron chi connectivity index (χ2n) is 6.28. The van der Waals surface area contributed by atoms with E-state index in [0.717, 1.165) is 31.4 Å². The summed E-state index contributed by atoms with van der Waals surface area (Å²) in [5, 5.41) is 13.0. The summed E-state index contributed by atoms with van der Waals surface area (Å²) < 4.78 is 0. The standard InChI is InChI=1S/C19H23N3O2/c1-22(16-5-3-2-4-6-16)19(24)14-11-12-20-18(13-14)21-15-7-9-17(23)10-8-15/h2-6,11-13,15,17,23H,7-10H2,1H3,(H,20,21). The van der Waals surface area contributed by atoms with E-state index in [2.05, 4.69) is 10.3 Å². The van der Waals surface area contributed by atoms with Crippen LogP contribution in [0.1, 0.15) is 36.0 Å². The number of nitrogens with one attached hydrogen (secondary N) is 1. The number of carbonyl (C=O) groups excluding carboxylic acids is 1. The molecule has 2 aromatic rings. The van der Waals surface area contributed by atoms with Crippen LogP contribution in [0.5, 0.6) is 0 Å². The molecule has 2 N–H and O–H groups in total. The second kappa shape index (κ2) is 7.45. The van der Waals surface area contributed by atoms with Crippen LogP contribution in [0.2, 0.25) is 0 Å². The van der Waals surface area contributed by atoms with Crippen LogP contribution in [0.25, 0.3) is 0 Å². The first kappa shape index (κ1) is 16.5. The van der Waals surface area contributed by atoms with Crippen molar-refractivity contribution in [3.05, 3.63) is 54.2 Å². The van der Waals surface area contributed by atoms with Crippen LogP contribution < -0.4 is 10.2 Å². The number of hydrogen-bond donors (Lipinski definition) is 2. The zero-order valence-electron chi connectivity index (χ0n) is 13.9. The summed E-state index contributed by atoms with van der Waals surface area (Å²) >= 11 is 0. The highest BCUT2D eigenvalue weighted by molar-refractivity contribution is 6.06. The van der Waals surface area contributed by atoms with Gasteiger partial charge >= 0.3 is 0 Å². The molecule has 1 heterocycles. The minimum Gasteiger partial charge on any atom is -0.393 e. The fourth-order valence-electron chi connectivity index (χ4n) is 3.03. The largest absolute Gasteiger partial charge is 0.393 e. The van der Waals surface area contributed by atoms with Gasteiger partial charge in [0.25, 0.3) is 5.91 Å². The molecule has 0 saturated heterocycles. The van der Waals surface area contributed by atoms with Crippen LogP contribution in [-0.2, 0) is 0 Å². The third-order valence-electron chi connectivity index (χ3n) is 4.50. The molecule has 1 saturated carbocycles. The maximum absolute atomic E-state index is 12.7. The number of nitrogens with zero attached hydrogens (tertiary/aromatic N) is 2. The molecular formula is C19H23N3O2. The summed E-state index contributed by atoms with van der Waals surface area (Å²) in [5.41, 5.74) is 1.46. The number of aliphatic hydroxyl groups excluding tert-OH is 1. The predicted molar refractivity (Wildman–Crippen MR) is 95.3 cm³/mol. The van der Waals surface area contributed by atoms with Crippen LogP contribution in [0.3, 0.4) is 0 Å². The Morgan fingerprint density at radius 2 is 1.88 bits per heavy atom. The van der Waals surface area contributed by atoms with Crippen molar-refractivity contribution in [2.24, 2.45) is 0 Å². The number of aliphatic hydroxyl groups is 1. The van der Waals surface area contributed by atoms with Crippen molar-refractivity contribution < 1.29 is 9.90 Å². The average Bonchev–Trinajstić information content (AvgIpc) is 2.63. The molecule has 0 atom stereocenters. The lowest BCUT2D eigenvalue weighted by Crippen LogP contribution is -2.29. The Morgan fingerprint density at radius 1 is 1.17 bits per heavy atom. The fourth-order valence-corrected chi connectivity index (χ4v) is 3.03. The number of aromatic nitrogens is 1. The number of hydrogen-bond acceptors (Lipinski definition) is 4. The normalized spacial score (nSPS) is 20.4. The van der Waals surface area contributed by atoms with Crippen molar-refractivity contribution in [2.45, 2.75) is 37.8 Å². The van der Waals surface area contributed by atoms with Crippen molar-refractivity contribution in [1.29, 1.82) is 0 Å². The minimum absolute atomic E-state index is 0.0642. The molecule has 1 aromatic heterocycles. The predicted octanol–water partition coefficient (Wildman–Crippen LogP) is 3.07. The van der Waals surface area contributed by atoms with Gasteiger partial charge in [-0.3, -0.25) is 4.79 Å². The van der Waals surface area contributed by atoms with Gasteiger partial charge in [0.2, 0.25) is 0 Å². The Morgan fingerprint density at radius 3 is 2.58 bits per heavy atom. The maximum atomic E-state index is 12.7. The van der Waals surface area contributed by atoms with Crippen molar-refractivity contribution >= 4 is 17.4 Å². The zero-order chi connectivity index (χ0) is 16.9. The quantitative estimate of drug-likeness (QED) is 0.907. The van der Waals surface area contributed by atoms with Crippen molar-refractivity contribution in [3.63, 3.8) is 0 Å². The van der Waals surface area contributed by atoms with E-state index < -0.39 is 0 Å². The minimum atomic E-state index is -0.177. The van der Waals surface area contributed by atoms with E-state index in [4.69, 9.17) is 0 Å². The van der Waals surface area contributed by atoms with Gasteiger partial charge in [-0.15, -0.1) is 0 Å². The van der Waals surface area contributed by atoms with E-state index in [1.54, 1.807) is 30.3 Å². The van der Waals surface area contributed by atoms with Crippen LogP contribution in [0.4, 0.5) is 11.5 Å². The van der Waals surface area contributed by atoms with E-state index in [9.17, 15) is 9.90 Å². The Hall–Kier alpha value is -2.40. The molecule has 0 aliphatic heterocycles. The van der Waals surface area contributed by atoms with Crippen LogP contribution in [-0.4, -0.2) is 35.2 Å². The molecule has 1 aliphatic rings. The smallest absolute Gasteiger partial charge is 0.258 e. The number of pyridine rings is 1. The highest BCUT2D eigenvalue weighted by atomic mass is 16.3. The van der Waals surface area contributed by atoms with E-state index in [0.29, 0.717) is 17.4 Å². The molecule has 1 aromatic carbocycles. The highest BCUT2D eigenvalue weighted by Crippen LogP contribution is 2.22. The Balaban J connectivity index is 1.69. The average molecular weight is 325 g/mol. The summed E-state index contributed by atoms with van der Waals surface area (Å²) in [6.07, 6.45) is 4.95. The van der Waals surface area contributed by atoms with E-state index in [-0.39, 0.29) is 12.0 Å². The van der Waals surface area contributed by atoms with Crippen LogP contribution in [0.15, 0.2) is 48.7 Å². The maximum Gasteiger partial charge on any atom is 0.258 e. The Labute approximate surface area is 142 Å². The third-order valence-corrected chi connectivity index (χ3v) is 4.50. The fraction of sp³-hybridized carbons (Fsp3) is 0.368. The lowest BCUT2D eigenvalue weighted by atomic mass is 9.93. The monoisotopic (exact) mass is 325 g/mol. The molecule has 126 valence electrons. The first-order valence-electron chi connectivity index (χ1n) is 8.37. The number of carbonyl (C=O) groups is 1.